The lowest BCUT2D eigenvalue weighted by Crippen LogP contribution is -1.96. The molecule has 0 aliphatic rings. The van der Waals surface area contributed by atoms with Gasteiger partial charge in [-0.15, -0.1) is 12.6 Å². The Labute approximate surface area is 85.5 Å². The largest absolute Gasteiger partial charge is 0.494 e. The Hall–Kier alpha value is -0.630. The smallest absolute Gasteiger partial charge is 0.119 e. The summed E-state index contributed by atoms with van der Waals surface area (Å²) in [5, 5.41) is 0. The second kappa shape index (κ2) is 5.18. The van der Waals surface area contributed by atoms with E-state index < -0.39 is 0 Å². The fourth-order valence-electron chi connectivity index (χ4n) is 1.05. The van der Waals surface area contributed by atoms with E-state index in [9.17, 15) is 0 Å². The van der Waals surface area contributed by atoms with Crippen LogP contribution in [0.1, 0.15) is 25.3 Å². The zero-order valence-corrected chi connectivity index (χ0v) is 9.10. The summed E-state index contributed by atoms with van der Waals surface area (Å²) < 4.78 is 5.55. The molecule has 1 aromatic carbocycles. The van der Waals surface area contributed by atoms with Gasteiger partial charge in [-0.05, 0) is 37.1 Å². The van der Waals surface area contributed by atoms with Crippen LogP contribution in [0.2, 0.25) is 0 Å². The first-order chi connectivity index (χ1) is 6.24. The van der Waals surface area contributed by atoms with Crippen LogP contribution in [0.5, 0.6) is 5.75 Å². The van der Waals surface area contributed by atoms with Crippen molar-refractivity contribution in [2.45, 2.75) is 31.6 Å². The van der Waals surface area contributed by atoms with Gasteiger partial charge in [0, 0.05) is 4.90 Å². The SMILES string of the molecule is CCCCOc1ccc(S)c(C)c1. The van der Waals surface area contributed by atoms with Gasteiger partial charge in [-0.1, -0.05) is 13.3 Å². The van der Waals surface area contributed by atoms with Crippen LogP contribution in [-0.4, -0.2) is 6.61 Å². The molecule has 0 amide bonds. The topological polar surface area (TPSA) is 9.23 Å². The minimum Gasteiger partial charge on any atom is -0.494 e. The first kappa shape index (κ1) is 10.5. The molecule has 0 bridgehead atoms. The summed E-state index contributed by atoms with van der Waals surface area (Å²) in [6, 6.07) is 5.96. The van der Waals surface area contributed by atoms with Crippen LogP contribution >= 0.6 is 12.6 Å². The number of ether oxygens (including phenoxy) is 1. The lowest BCUT2D eigenvalue weighted by Gasteiger charge is -2.06. The van der Waals surface area contributed by atoms with Crippen molar-refractivity contribution in [3.63, 3.8) is 0 Å². The number of unbranched alkanes of at least 4 members (excludes halogenated alkanes) is 1. The van der Waals surface area contributed by atoms with Gasteiger partial charge in [0.05, 0.1) is 6.61 Å². The van der Waals surface area contributed by atoms with Crippen molar-refractivity contribution in [2.75, 3.05) is 6.61 Å². The van der Waals surface area contributed by atoms with Gasteiger partial charge in [-0.25, -0.2) is 0 Å². The quantitative estimate of drug-likeness (QED) is 0.573. The van der Waals surface area contributed by atoms with Crippen molar-refractivity contribution in [3.8, 4) is 5.75 Å². The van der Waals surface area contributed by atoms with Gasteiger partial charge < -0.3 is 4.74 Å². The third-order valence-electron chi connectivity index (χ3n) is 1.93. The van der Waals surface area contributed by atoms with E-state index in [0.29, 0.717) is 0 Å². The standard InChI is InChI=1S/C11H16OS/c1-3-4-7-12-10-5-6-11(13)9(2)8-10/h5-6,8,13H,3-4,7H2,1-2H3. The Balaban J connectivity index is 2.53. The van der Waals surface area contributed by atoms with Crippen molar-refractivity contribution >= 4 is 12.6 Å². The van der Waals surface area contributed by atoms with E-state index in [2.05, 4.69) is 19.6 Å². The van der Waals surface area contributed by atoms with Crippen molar-refractivity contribution in [1.82, 2.24) is 0 Å². The van der Waals surface area contributed by atoms with Gasteiger partial charge in [-0.2, -0.15) is 0 Å². The van der Waals surface area contributed by atoms with Crippen molar-refractivity contribution in [3.05, 3.63) is 23.8 Å². The molecule has 0 atom stereocenters. The molecular formula is C11H16OS. The molecule has 0 aromatic heterocycles. The zero-order chi connectivity index (χ0) is 9.68. The molecule has 1 rings (SSSR count). The first-order valence-electron chi connectivity index (χ1n) is 4.66. The summed E-state index contributed by atoms with van der Waals surface area (Å²) in [4.78, 5) is 1.02. The third kappa shape index (κ3) is 3.31. The Morgan fingerprint density at radius 2 is 2.15 bits per heavy atom. The molecule has 0 N–H and O–H groups in total. The first-order valence-corrected chi connectivity index (χ1v) is 5.11. The number of benzene rings is 1. The maximum Gasteiger partial charge on any atom is 0.119 e. The molecular weight excluding hydrogens is 180 g/mol. The Bertz CT molecular complexity index is 271. The lowest BCUT2D eigenvalue weighted by molar-refractivity contribution is 0.309. The number of hydrogen-bond acceptors (Lipinski definition) is 2. The lowest BCUT2D eigenvalue weighted by atomic mass is 10.2. The number of thiol groups is 1. The number of aryl methyl sites for hydroxylation is 1. The summed E-state index contributed by atoms with van der Waals surface area (Å²) >= 11 is 4.30. The third-order valence-corrected chi connectivity index (χ3v) is 2.44. The molecule has 1 aromatic rings. The van der Waals surface area contributed by atoms with E-state index in [0.717, 1.165) is 29.2 Å². The minimum atomic E-state index is 0.807. The van der Waals surface area contributed by atoms with Gasteiger partial charge in [0.2, 0.25) is 0 Å². The molecule has 0 fully saturated rings. The summed E-state index contributed by atoms with van der Waals surface area (Å²) in [5.74, 6) is 0.948. The molecule has 0 saturated heterocycles. The van der Waals surface area contributed by atoms with Crippen LogP contribution in [-0.2, 0) is 0 Å². The second-order valence-corrected chi connectivity index (χ2v) is 3.63. The molecule has 2 heteroatoms. The fraction of sp³-hybridized carbons (Fsp3) is 0.455. The van der Waals surface area contributed by atoms with Crippen molar-refractivity contribution < 1.29 is 4.74 Å². The van der Waals surface area contributed by atoms with E-state index in [4.69, 9.17) is 4.74 Å². The molecule has 1 nitrogen and oxygen atoms in total. The Morgan fingerprint density at radius 1 is 1.38 bits per heavy atom. The highest BCUT2D eigenvalue weighted by atomic mass is 32.1. The van der Waals surface area contributed by atoms with E-state index >= 15 is 0 Å². The summed E-state index contributed by atoms with van der Waals surface area (Å²) in [6.45, 7) is 5.00. The molecule has 0 spiro atoms. The average molecular weight is 196 g/mol. The van der Waals surface area contributed by atoms with Crippen LogP contribution in [0.4, 0.5) is 0 Å². The number of rotatable bonds is 4. The fourth-order valence-corrected chi connectivity index (χ4v) is 1.19. The van der Waals surface area contributed by atoms with Crippen molar-refractivity contribution in [2.24, 2.45) is 0 Å². The molecule has 72 valence electrons. The summed E-state index contributed by atoms with van der Waals surface area (Å²) in [6.07, 6.45) is 2.28. The molecule has 0 unspecified atom stereocenters. The van der Waals surface area contributed by atoms with Crippen LogP contribution in [0.25, 0.3) is 0 Å². The molecule has 0 heterocycles. The molecule has 0 saturated carbocycles. The van der Waals surface area contributed by atoms with Crippen LogP contribution in [0.15, 0.2) is 23.1 Å². The van der Waals surface area contributed by atoms with E-state index in [1.807, 2.05) is 25.1 Å². The van der Waals surface area contributed by atoms with Crippen LogP contribution in [0, 0.1) is 6.92 Å². The van der Waals surface area contributed by atoms with Gasteiger partial charge in [-0.3, -0.25) is 0 Å². The van der Waals surface area contributed by atoms with Gasteiger partial charge in [0.25, 0.3) is 0 Å². The maximum atomic E-state index is 5.55. The monoisotopic (exact) mass is 196 g/mol. The maximum absolute atomic E-state index is 5.55. The van der Waals surface area contributed by atoms with Gasteiger partial charge in [0.1, 0.15) is 5.75 Å². The molecule has 0 aliphatic carbocycles. The second-order valence-electron chi connectivity index (χ2n) is 3.15. The molecule has 0 radical (unpaired) electrons. The predicted octanol–water partition coefficient (Wildman–Crippen LogP) is 3.46. The predicted molar refractivity (Wildman–Crippen MR) is 58.8 cm³/mol. The van der Waals surface area contributed by atoms with Crippen LogP contribution in [0.3, 0.4) is 0 Å². The van der Waals surface area contributed by atoms with Gasteiger partial charge in [0.15, 0.2) is 0 Å². The van der Waals surface area contributed by atoms with Crippen LogP contribution < -0.4 is 4.74 Å². The van der Waals surface area contributed by atoms with Gasteiger partial charge >= 0.3 is 0 Å². The minimum absolute atomic E-state index is 0.807. The van der Waals surface area contributed by atoms with E-state index in [1.165, 1.54) is 6.42 Å². The van der Waals surface area contributed by atoms with E-state index in [1.54, 1.807) is 0 Å². The Kier molecular flexibility index (Phi) is 4.16. The normalized spacial score (nSPS) is 10.1. The highest BCUT2D eigenvalue weighted by Gasteiger charge is 1.96. The Morgan fingerprint density at radius 3 is 2.77 bits per heavy atom. The highest BCUT2D eigenvalue weighted by Crippen LogP contribution is 2.19. The highest BCUT2D eigenvalue weighted by molar-refractivity contribution is 7.80. The molecule has 13 heavy (non-hydrogen) atoms. The summed E-state index contributed by atoms with van der Waals surface area (Å²) in [7, 11) is 0. The summed E-state index contributed by atoms with van der Waals surface area (Å²) in [5.41, 5.74) is 1.16. The van der Waals surface area contributed by atoms with E-state index in [-0.39, 0.29) is 0 Å². The average Bonchev–Trinajstić information content (AvgIpc) is 2.12. The zero-order valence-electron chi connectivity index (χ0n) is 8.21. The molecule has 0 aliphatic heterocycles. The number of hydrogen-bond donors (Lipinski definition) is 1. The van der Waals surface area contributed by atoms with Crippen molar-refractivity contribution in [1.29, 1.82) is 0 Å².